The molecule has 1 N–H and O–H groups in total. The van der Waals surface area contributed by atoms with E-state index < -0.39 is 0 Å². The van der Waals surface area contributed by atoms with Gasteiger partial charge in [0.2, 0.25) is 0 Å². The largest absolute Gasteiger partial charge is 0.347 e. The molecule has 0 saturated heterocycles. The van der Waals surface area contributed by atoms with Crippen molar-refractivity contribution in [3.05, 3.63) is 95.8 Å². The third-order valence-corrected chi connectivity index (χ3v) is 4.13. The molecule has 2 aromatic carbocycles. The highest BCUT2D eigenvalue weighted by Gasteiger charge is 2.18. The van der Waals surface area contributed by atoms with Crippen LogP contribution in [-0.2, 0) is 6.54 Å². The summed E-state index contributed by atoms with van der Waals surface area (Å²) in [6.07, 6.45) is 0. The normalized spacial score (nSPS) is 10.3. The molecule has 0 saturated carbocycles. The van der Waals surface area contributed by atoms with Gasteiger partial charge in [0.25, 0.3) is 11.8 Å². The van der Waals surface area contributed by atoms with Crippen molar-refractivity contribution < 1.29 is 9.59 Å². The maximum Gasteiger partial charge on any atom is 0.276 e. The van der Waals surface area contributed by atoms with Gasteiger partial charge in [-0.15, -0.1) is 0 Å². The number of nitrogens with one attached hydrogen (secondary N) is 1. The van der Waals surface area contributed by atoms with Crippen LogP contribution in [0.3, 0.4) is 0 Å². The molecule has 136 valence electrons. The van der Waals surface area contributed by atoms with Crippen LogP contribution in [0.2, 0.25) is 0 Å². The molecule has 0 aliphatic carbocycles. The zero-order valence-corrected chi connectivity index (χ0v) is 15.1. The minimum absolute atomic E-state index is 0.223. The van der Waals surface area contributed by atoms with Crippen molar-refractivity contribution in [2.24, 2.45) is 0 Å². The molecule has 0 unspecified atom stereocenters. The molecular weight excluding hydrogens is 338 g/mol. The molecule has 5 nitrogen and oxygen atoms in total. The van der Waals surface area contributed by atoms with E-state index >= 15 is 0 Å². The van der Waals surface area contributed by atoms with E-state index in [1.54, 1.807) is 23.1 Å². The molecule has 0 spiro atoms. The Morgan fingerprint density at radius 2 is 1.48 bits per heavy atom. The number of carbonyl (C=O) groups excluding carboxylic acids is 2. The summed E-state index contributed by atoms with van der Waals surface area (Å²) in [6, 6.07) is 24.0. The first-order valence-corrected chi connectivity index (χ1v) is 8.85. The summed E-state index contributed by atoms with van der Waals surface area (Å²) in [7, 11) is 0. The van der Waals surface area contributed by atoms with Gasteiger partial charge in [-0.2, -0.15) is 0 Å². The minimum atomic E-state index is -0.309. The number of carbonyl (C=O) groups is 2. The summed E-state index contributed by atoms with van der Waals surface area (Å²) in [5.41, 5.74) is 2.26. The lowest BCUT2D eigenvalue weighted by Crippen LogP contribution is -2.32. The lowest BCUT2D eigenvalue weighted by molar-refractivity contribution is 0.0945. The number of rotatable bonds is 6. The number of benzene rings is 2. The van der Waals surface area contributed by atoms with E-state index in [-0.39, 0.29) is 23.2 Å². The molecule has 5 heteroatoms. The fourth-order valence-electron chi connectivity index (χ4n) is 2.74. The van der Waals surface area contributed by atoms with Crippen molar-refractivity contribution in [3.8, 4) is 0 Å². The van der Waals surface area contributed by atoms with Crippen LogP contribution in [0.15, 0.2) is 78.9 Å². The monoisotopic (exact) mass is 359 g/mol. The topological polar surface area (TPSA) is 62.3 Å². The first-order valence-electron chi connectivity index (χ1n) is 8.85. The van der Waals surface area contributed by atoms with Crippen molar-refractivity contribution in [2.75, 3.05) is 11.4 Å². The smallest absolute Gasteiger partial charge is 0.276 e. The van der Waals surface area contributed by atoms with Gasteiger partial charge in [0, 0.05) is 18.8 Å². The predicted molar refractivity (Wildman–Crippen MR) is 106 cm³/mol. The number of nitrogens with zero attached hydrogens (tertiary/aromatic N) is 2. The quantitative estimate of drug-likeness (QED) is 0.730. The standard InChI is InChI=1S/C22H21N3O2/c1-2-25(18-12-7-4-8-13-18)22(27)20-15-9-14-19(24-20)21(26)23-16-17-10-5-3-6-11-17/h3-15H,2,16H2,1H3,(H,23,26). The van der Waals surface area contributed by atoms with Crippen LogP contribution in [-0.4, -0.2) is 23.3 Å². The third kappa shape index (κ3) is 4.58. The second kappa shape index (κ2) is 8.76. The SMILES string of the molecule is CCN(C(=O)c1cccc(C(=O)NCc2ccccc2)n1)c1ccccc1. The number of aromatic nitrogens is 1. The van der Waals surface area contributed by atoms with Crippen LogP contribution in [0.5, 0.6) is 0 Å². The average molecular weight is 359 g/mol. The lowest BCUT2D eigenvalue weighted by atomic mass is 10.2. The summed E-state index contributed by atoms with van der Waals surface area (Å²) in [5.74, 6) is -0.544. The number of anilines is 1. The molecule has 0 fully saturated rings. The van der Waals surface area contributed by atoms with Gasteiger partial charge in [0.05, 0.1) is 0 Å². The Hall–Kier alpha value is -3.47. The van der Waals surface area contributed by atoms with E-state index in [0.29, 0.717) is 13.1 Å². The Kier molecular flexibility index (Phi) is 5.94. The Morgan fingerprint density at radius 3 is 2.15 bits per heavy atom. The van der Waals surface area contributed by atoms with Crippen LogP contribution in [0, 0.1) is 0 Å². The summed E-state index contributed by atoms with van der Waals surface area (Å²) >= 11 is 0. The second-order valence-corrected chi connectivity index (χ2v) is 5.96. The molecular formula is C22H21N3O2. The maximum atomic E-state index is 12.9. The maximum absolute atomic E-state index is 12.9. The van der Waals surface area contributed by atoms with Gasteiger partial charge in [-0.3, -0.25) is 9.59 Å². The Balaban J connectivity index is 1.74. The van der Waals surface area contributed by atoms with Crippen LogP contribution in [0.4, 0.5) is 5.69 Å². The van der Waals surface area contributed by atoms with Gasteiger partial charge < -0.3 is 10.2 Å². The number of pyridine rings is 1. The van der Waals surface area contributed by atoms with Crippen LogP contribution in [0.1, 0.15) is 33.5 Å². The minimum Gasteiger partial charge on any atom is -0.347 e. The fraction of sp³-hybridized carbons (Fsp3) is 0.136. The van der Waals surface area contributed by atoms with Crippen molar-refractivity contribution in [1.82, 2.24) is 10.3 Å². The van der Waals surface area contributed by atoms with Crippen molar-refractivity contribution in [2.45, 2.75) is 13.5 Å². The Labute approximate surface area is 158 Å². The van der Waals surface area contributed by atoms with Crippen molar-refractivity contribution in [3.63, 3.8) is 0 Å². The summed E-state index contributed by atoms with van der Waals surface area (Å²) in [5, 5.41) is 2.83. The van der Waals surface area contributed by atoms with E-state index in [0.717, 1.165) is 11.3 Å². The highest BCUT2D eigenvalue weighted by Crippen LogP contribution is 2.16. The number of hydrogen-bond acceptors (Lipinski definition) is 3. The summed E-state index contributed by atoms with van der Waals surface area (Å²) in [4.78, 5) is 31.2. The van der Waals surface area contributed by atoms with Crippen molar-refractivity contribution >= 4 is 17.5 Å². The Morgan fingerprint density at radius 1 is 0.852 bits per heavy atom. The molecule has 0 bridgehead atoms. The molecule has 1 heterocycles. The number of amides is 2. The molecule has 0 aliphatic heterocycles. The molecule has 2 amide bonds. The summed E-state index contributed by atoms with van der Waals surface area (Å²) < 4.78 is 0. The van der Waals surface area contributed by atoms with Gasteiger partial charge in [0.1, 0.15) is 11.4 Å². The van der Waals surface area contributed by atoms with E-state index in [1.807, 2.05) is 67.6 Å². The van der Waals surface area contributed by atoms with Crippen LogP contribution in [0.25, 0.3) is 0 Å². The zero-order valence-electron chi connectivity index (χ0n) is 15.1. The molecule has 27 heavy (non-hydrogen) atoms. The van der Waals surface area contributed by atoms with Crippen LogP contribution >= 0.6 is 0 Å². The van der Waals surface area contributed by atoms with Gasteiger partial charge in [0.15, 0.2) is 0 Å². The average Bonchev–Trinajstić information content (AvgIpc) is 2.74. The fourth-order valence-corrected chi connectivity index (χ4v) is 2.74. The number of para-hydroxylation sites is 1. The third-order valence-electron chi connectivity index (χ3n) is 4.13. The molecule has 1 aromatic heterocycles. The molecule has 0 radical (unpaired) electrons. The van der Waals surface area contributed by atoms with Crippen LogP contribution < -0.4 is 10.2 Å². The first-order chi connectivity index (χ1) is 13.2. The molecule has 3 rings (SSSR count). The Bertz CT molecular complexity index is 911. The van der Waals surface area contributed by atoms with E-state index in [9.17, 15) is 9.59 Å². The summed E-state index contributed by atoms with van der Waals surface area (Å²) in [6.45, 7) is 2.82. The highest BCUT2D eigenvalue weighted by molar-refractivity contribution is 6.05. The van der Waals surface area contributed by atoms with Gasteiger partial charge >= 0.3 is 0 Å². The van der Waals surface area contributed by atoms with Crippen molar-refractivity contribution in [1.29, 1.82) is 0 Å². The number of hydrogen-bond donors (Lipinski definition) is 1. The van der Waals surface area contributed by atoms with E-state index in [1.165, 1.54) is 0 Å². The van der Waals surface area contributed by atoms with Gasteiger partial charge in [-0.25, -0.2) is 4.98 Å². The highest BCUT2D eigenvalue weighted by atomic mass is 16.2. The van der Waals surface area contributed by atoms with Gasteiger partial charge in [-0.05, 0) is 36.8 Å². The van der Waals surface area contributed by atoms with E-state index in [4.69, 9.17) is 0 Å². The molecule has 0 aliphatic rings. The molecule has 3 aromatic rings. The zero-order chi connectivity index (χ0) is 19.1. The predicted octanol–water partition coefficient (Wildman–Crippen LogP) is 3.68. The first kappa shape index (κ1) is 18.3. The lowest BCUT2D eigenvalue weighted by Gasteiger charge is -2.20. The second-order valence-electron chi connectivity index (χ2n) is 5.96. The van der Waals surface area contributed by atoms with E-state index in [2.05, 4.69) is 10.3 Å². The molecule has 0 atom stereocenters. The van der Waals surface area contributed by atoms with Gasteiger partial charge in [-0.1, -0.05) is 54.6 Å².